The summed E-state index contributed by atoms with van der Waals surface area (Å²) in [6, 6.07) is 19.6. The monoisotopic (exact) mass is 429 g/mol. The maximum absolute atomic E-state index is 11.9. The van der Waals surface area contributed by atoms with Crippen molar-refractivity contribution in [2.45, 2.75) is 0 Å². The smallest absolute Gasteiger partial charge is 0.348 e. The molecule has 0 saturated heterocycles. The number of hydrogen-bond donors (Lipinski definition) is 2. The molecule has 0 unspecified atom stereocenters. The Balaban J connectivity index is 1.68. The van der Waals surface area contributed by atoms with E-state index in [2.05, 4.69) is 16.0 Å². The van der Waals surface area contributed by atoms with Gasteiger partial charge in [-0.1, -0.05) is 18.2 Å². The number of carbonyl (C=O) groups is 1. The number of aromatic nitrogens is 3. The quantitative estimate of drug-likeness (QED) is 0.349. The van der Waals surface area contributed by atoms with Crippen LogP contribution in [-0.4, -0.2) is 35.1 Å². The number of rotatable bonds is 5. The molecule has 3 aromatic heterocycles. The van der Waals surface area contributed by atoms with Crippen LogP contribution in [0.25, 0.3) is 44.1 Å². The van der Waals surface area contributed by atoms with Crippen LogP contribution in [-0.2, 0) is 4.74 Å². The Kier molecular flexibility index (Phi) is 4.80. The topological polar surface area (TPSA) is 80.0 Å². The standard InChI is InChI=1S/C24H19N3O3S/c1-29-15-9-7-14(8-10-15)21-22(17-13-25-18-6-4-3-5-16(17)18)27-23(26-21)19-11-12-20(31-19)24(28)30-2/h3-13,25H,1-2H3,(H,26,27). The van der Waals surface area contributed by atoms with Gasteiger partial charge in [0.25, 0.3) is 0 Å². The van der Waals surface area contributed by atoms with Crippen LogP contribution in [0.5, 0.6) is 5.75 Å². The molecule has 0 spiro atoms. The van der Waals surface area contributed by atoms with Gasteiger partial charge in [-0.25, -0.2) is 9.78 Å². The van der Waals surface area contributed by atoms with Crippen molar-refractivity contribution in [3.05, 3.63) is 71.7 Å². The average molecular weight is 430 g/mol. The summed E-state index contributed by atoms with van der Waals surface area (Å²) in [6.07, 6.45) is 1.99. The van der Waals surface area contributed by atoms with Gasteiger partial charge in [0.1, 0.15) is 16.5 Å². The Morgan fingerprint density at radius 1 is 1.00 bits per heavy atom. The highest BCUT2D eigenvalue weighted by molar-refractivity contribution is 7.17. The third-order valence-electron chi connectivity index (χ3n) is 5.15. The number of thiophene rings is 1. The number of imidazole rings is 1. The van der Waals surface area contributed by atoms with Crippen LogP contribution < -0.4 is 4.74 Å². The molecule has 0 fully saturated rings. The molecule has 0 saturated carbocycles. The summed E-state index contributed by atoms with van der Waals surface area (Å²) < 4.78 is 10.1. The van der Waals surface area contributed by atoms with E-state index >= 15 is 0 Å². The van der Waals surface area contributed by atoms with E-state index in [1.54, 1.807) is 13.2 Å². The highest BCUT2D eigenvalue weighted by Crippen LogP contribution is 2.38. The molecule has 0 atom stereocenters. The molecule has 6 nitrogen and oxygen atoms in total. The lowest BCUT2D eigenvalue weighted by atomic mass is 10.0. The summed E-state index contributed by atoms with van der Waals surface area (Å²) >= 11 is 1.35. The van der Waals surface area contributed by atoms with E-state index < -0.39 is 0 Å². The van der Waals surface area contributed by atoms with Crippen LogP contribution in [0, 0.1) is 0 Å². The Bertz CT molecular complexity index is 1380. The van der Waals surface area contributed by atoms with Crippen molar-refractivity contribution < 1.29 is 14.3 Å². The molecule has 0 aliphatic carbocycles. The largest absolute Gasteiger partial charge is 0.497 e. The minimum Gasteiger partial charge on any atom is -0.497 e. The van der Waals surface area contributed by atoms with Crippen LogP contribution in [0.15, 0.2) is 66.9 Å². The van der Waals surface area contributed by atoms with Crippen LogP contribution in [0.4, 0.5) is 0 Å². The van der Waals surface area contributed by atoms with Gasteiger partial charge in [0, 0.05) is 28.2 Å². The van der Waals surface area contributed by atoms with E-state index in [0.29, 0.717) is 10.7 Å². The summed E-state index contributed by atoms with van der Waals surface area (Å²) in [5.74, 6) is 1.13. The predicted molar refractivity (Wildman–Crippen MR) is 123 cm³/mol. The Hall–Kier alpha value is -3.84. The number of benzene rings is 2. The summed E-state index contributed by atoms with van der Waals surface area (Å²) in [7, 11) is 3.03. The van der Waals surface area contributed by atoms with E-state index in [9.17, 15) is 4.79 Å². The second-order valence-corrected chi connectivity index (χ2v) is 8.02. The molecule has 154 valence electrons. The molecule has 0 bridgehead atoms. The SMILES string of the molecule is COC(=O)c1ccc(-c2nc(-c3ccc(OC)cc3)c(-c3c[nH]c4ccccc34)[nH]2)s1. The van der Waals surface area contributed by atoms with Crippen molar-refractivity contribution in [3.63, 3.8) is 0 Å². The highest BCUT2D eigenvalue weighted by Gasteiger charge is 2.20. The van der Waals surface area contributed by atoms with Gasteiger partial charge in [-0.15, -0.1) is 11.3 Å². The Morgan fingerprint density at radius 3 is 2.58 bits per heavy atom. The summed E-state index contributed by atoms with van der Waals surface area (Å²) in [5.41, 5.74) is 4.79. The van der Waals surface area contributed by atoms with Crippen LogP contribution in [0.3, 0.4) is 0 Å². The van der Waals surface area contributed by atoms with Crippen molar-refractivity contribution in [1.82, 2.24) is 15.0 Å². The van der Waals surface area contributed by atoms with E-state index in [1.807, 2.05) is 54.7 Å². The number of methoxy groups -OCH3 is 2. The molecule has 7 heteroatoms. The molecule has 2 aromatic carbocycles. The minimum absolute atomic E-state index is 0.352. The third-order valence-corrected chi connectivity index (χ3v) is 6.22. The van der Waals surface area contributed by atoms with E-state index in [-0.39, 0.29) is 5.97 Å². The number of H-pyrrole nitrogens is 2. The van der Waals surface area contributed by atoms with Crippen molar-refractivity contribution >= 4 is 28.2 Å². The maximum Gasteiger partial charge on any atom is 0.348 e. The van der Waals surface area contributed by atoms with Gasteiger partial charge in [-0.2, -0.15) is 0 Å². The molecule has 3 heterocycles. The van der Waals surface area contributed by atoms with Gasteiger partial charge < -0.3 is 19.4 Å². The highest BCUT2D eigenvalue weighted by atomic mass is 32.1. The van der Waals surface area contributed by atoms with Crippen molar-refractivity contribution in [2.24, 2.45) is 0 Å². The number of ether oxygens (including phenoxy) is 2. The Morgan fingerprint density at radius 2 is 1.81 bits per heavy atom. The number of nitrogens with one attached hydrogen (secondary N) is 2. The summed E-state index contributed by atoms with van der Waals surface area (Å²) in [4.78, 5) is 25.0. The molecule has 0 radical (unpaired) electrons. The number of aromatic amines is 2. The maximum atomic E-state index is 11.9. The van der Waals surface area contributed by atoms with Gasteiger partial charge in [-0.3, -0.25) is 0 Å². The molecule has 0 aliphatic heterocycles. The van der Waals surface area contributed by atoms with Gasteiger partial charge in [-0.05, 0) is 42.5 Å². The fourth-order valence-electron chi connectivity index (χ4n) is 3.60. The number of carbonyl (C=O) groups excluding carboxylic acids is 1. The van der Waals surface area contributed by atoms with E-state index in [0.717, 1.165) is 44.0 Å². The average Bonchev–Trinajstić information content (AvgIpc) is 3.56. The molecule has 31 heavy (non-hydrogen) atoms. The first kappa shape index (κ1) is 19.1. The van der Waals surface area contributed by atoms with Gasteiger partial charge in [0.05, 0.1) is 30.5 Å². The lowest BCUT2D eigenvalue weighted by Gasteiger charge is -2.04. The van der Waals surface area contributed by atoms with Crippen molar-refractivity contribution in [2.75, 3.05) is 14.2 Å². The first-order valence-electron chi connectivity index (χ1n) is 9.67. The number of fused-ring (bicyclic) bond motifs is 1. The third kappa shape index (κ3) is 3.39. The molecular weight excluding hydrogens is 410 g/mol. The molecular formula is C24H19N3O3S. The molecule has 0 amide bonds. The van der Waals surface area contributed by atoms with Crippen LogP contribution in [0.1, 0.15) is 9.67 Å². The first-order chi connectivity index (χ1) is 15.2. The lowest BCUT2D eigenvalue weighted by molar-refractivity contribution is 0.0606. The molecule has 5 rings (SSSR count). The second-order valence-electron chi connectivity index (χ2n) is 6.94. The zero-order valence-corrected chi connectivity index (χ0v) is 17.7. The fraction of sp³-hybridized carbons (Fsp3) is 0.0833. The predicted octanol–water partition coefficient (Wildman–Crippen LogP) is 5.75. The number of para-hydroxylation sites is 1. The summed E-state index contributed by atoms with van der Waals surface area (Å²) in [5, 5.41) is 1.11. The normalized spacial score (nSPS) is 11.0. The molecule has 2 N–H and O–H groups in total. The number of nitrogens with zero attached hydrogens (tertiary/aromatic N) is 1. The Labute approximate surface area is 182 Å². The summed E-state index contributed by atoms with van der Waals surface area (Å²) in [6.45, 7) is 0. The van der Waals surface area contributed by atoms with Gasteiger partial charge in [0.2, 0.25) is 0 Å². The number of hydrogen-bond acceptors (Lipinski definition) is 5. The van der Waals surface area contributed by atoms with Gasteiger partial charge >= 0.3 is 5.97 Å². The molecule has 0 aliphatic rings. The van der Waals surface area contributed by atoms with Crippen LogP contribution in [0.2, 0.25) is 0 Å². The van der Waals surface area contributed by atoms with Crippen molar-refractivity contribution in [1.29, 1.82) is 0 Å². The van der Waals surface area contributed by atoms with Crippen LogP contribution >= 0.6 is 11.3 Å². The van der Waals surface area contributed by atoms with E-state index in [1.165, 1.54) is 18.4 Å². The number of esters is 1. The fourth-order valence-corrected chi connectivity index (χ4v) is 4.47. The van der Waals surface area contributed by atoms with E-state index in [4.69, 9.17) is 14.5 Å². The lowest BCUT2D eigenvalue weighted by Crippen LogP contribution is -1.96. The van der Waals surface area contributed by atoms with Gasteiger partial charge in [0.15, 0.2) is 0 Å². The minimum atomic E-state index is -0.352. The zero-order valence-electron chi connectivity index (χ0n) is 16.9. The van der Waals surface area contributed by atoms with Crippen molar-refractivity contribution in [3.8, 4) is 39.0 Å². The second kappa shape index (κ2) is 7.77. The zero-order chi connectivity index (χ0) is 21.4. The molecule has 5 aromatic rings. The first-order valence-corrected chi connectivity index (χ1v) is 10.5.